The second-order valence-electron chi connectivity index (χ2n) is 5.26. The first-order valence-corrected chi connectivity index (χ1v) is 6.69. The number of carbonyl (C=O) groups is 1. The van der Waals surface area contributed by atoms with Crippen molar-refractivity contribution in [1.82, 2.24) is 14.9 Å². The molecule has 3 rings (SSSR count). The Morgan fingerprint density at radius 2 is 2.05 bits per heavy atom. The Hall–Kier alpha value is -1.69. The number of aromatic nitrogens is 2. The molecule has 0 saturated carbocycles. The molecule has 0 spiro atoms. The highest BCUT2D eigenvalue weighted by Gasteiger charge is 2.43. The Kier molecular flexibility index (Phi) is 3.10. The lowest BCUT2D eigenvalue weighted by Crippen LogP contribution is -2.48. The maximum Gasteiger partial charge on any atom is 0.274 e. The molecule has 1 aromatic rings. The monoisotopic (exact) mass is 262 g/mol. The molecule has 6 heteroatoms. The van der Waals surface area contributed by atoms with Gasteiger partial charge in [-0.25, -0.2) is 4.98 Å². The largest absolute Gasteiger partial charge is 0.393 e. The summed E-state index contributed by atoms with van der Waals surface area (Å²) in [6, 6.07) is 0.308. The van der Waals surface area contributed by atoms with Crippen LogP contribution in [0.4, 0.5) is 5.82 Å². The molecule has 2 aliphatic rings. The molecule has 2 unspecified atom stereocenters. The number of fused-ring (bicyclic) bond motifs is 2. The number of aliphatic hydroxyl groups excluding tert-OH is 1. The van der Waals surface area contributed by atoms with Crippen LogP contribution in [0.3, 0.4) is 0 Å². The third-order valence-corrected chi connectivity index (χ3v) is 4.05. The van der Waals surface area contributed by atoms with Crippen LogP contribution >= 0.6 is 0 Å². The molecule has 2 saturated heterocycles. The van der Waals surface area contributed by atoms with Gasteiger partial charge in [0.1, 0.15) is 11.5 Å². The van der Waals surface area contributed by atoms with Gasteiger partial charge in [-0.2, -0.15) is 0 Å². The van der Waals surface area contributed by atoms with Gasteiger partial charge in [0.05, 0.1) is 18.5 Å². The predicted molar refractivity (Wildman–Crippen MR) is 69.8 cm³/mol. The van der Waals surface area contributed by atoms with E-state index in [1.165, 1.54) is 6.20 Å². The second kappa shape index (κ2) is 4.77. The lowest BCUT2D eigenvalue weighted by molar-refractivity contribution is 0.0282. The van der Waals surface area contributed by atoms with Crippen molar-refractivity contribution < 1.29 is 9.90 Å². The first-order valence-electron chi connectivity index (χ1n) is 6.69. The molecule has 2 N–H and O–H groups in total. The van der Waals surface area contributed by atoms with Crippen molar-refractivity contribution in [2.45, 2.75) is 43.9 Å². The molecule has 3 heterocycles. The van der Waals surface area contributed by atoms with E-state index in [9.17, 15) is 9.90 Å². The Morgan fingerprint density at radius 1 is 1.37 bits per heavy atom. The lowest BCUT2D eigenvalue weighted by Gasteiger charge is -2.36. The minimum Gasteiger partial charge on any atom is -0.393 e. The molecule has 2 fully saturated rings. The Bertz CT molecular complexity index is 479. The summed E-state index contributed by atoms with van der Waals surface area (Å²) in [4.78, 5) is 22.7. The van der Waals surface area contributed by atoms with Crippen LogP contribution in [-0.4, -0.2) is 51.1 Å². The topological polar surface area (TPSA) is 78.4 Å². The van der Waals surface area contributed by atoms with Gasteiger partial charge < -0.3 is 15.3 Å². The number of hydrogen-bond acceptors (Lipinski definition) is 5. The smallest absolute Gasteiger partial charge is 0.274 e. The number of anilines is 1. The van der Waals surface area contributed by atoms with Crippen molar-refractivity contribution in [3.63, 3.8) is 0 Å². The van der Waals surface area contributed by atoms with Gasteiger partial charge in [0.25, 0.3) is 5.91 Å². The van der Waals surface area contributed by atoms with Crippen LogP contribution in [0.5, 0.6) is 0 Å². The van der Waals surface area contributed by atoms with E-state index in [0.29, 0.717) is 24.4 Å². The zero-order valence-corrected chi connectivity index (χ0v) is 10.9. The van der Waals surface area contributed by atoms with E-state index in [-0.39, 0.29) is 24.1 Å². The van der Waals surface area contributed by atoms with Gasteiger partial charge in [-0.15, -0.1) is 0 Å². The van der Waals surface area contributed by atoms with Crippen LogP contribution in [0.2, 0.25) is 0 Å². The Labute approximate surface area is 111 Å². The molecule has 2 bridgehead atoms. The molecule has 102 valence electrons. The van der Waals surface area contributed by atoms with E-state index >= 15 is 0 Å². The molecule has 0 radical (unpaired) electrons. The van der Waals surface area contributed by atoms with Gasteiger partial charge in [0, 0.05) is 19.1 Å². The molecule has 1 amide bonds. The predicted octanol–water partition coefficient (Wildman–Crippen LogP) is 0.646. The SMILES string of the molecule is CNc1cncc(C(=O)N2C3CCC2CC(O)C3)n1. The van der Waals surface area contributed by atoms with E-state index in [0.717, 1.165) is 12.8 Å². The molecule has 19 heavy (non-hydrogen) atoms. The fourth-order valence-corrected chi connectivity index (χ4v) is 3.20. The molecule has 0 aromatic carbocycles. The summed E-state index contributed by atoms with van der Waals surface area (Å²) in [5.41, 5.74) is 0.375. The summed E-state index contributed by atoms with van der Waals surface area (Å²) < 4.78 is 0. The van der Waals surface area contributed by atoms with Crippen LogP contribution in [-0.2, 0) is 0 Å². The number of carbonyl (C=O) groups excluding carboxylic acids is 1. The average molecular weight is 262 g/mol. The zero-order valence-electron chi connectivity index (χ0n) is 10.9. The Morgan fingerprint density at radius 3 is 2.68 bits per heavy atom. The molecular formula is C13H18N4O2. The number of hydrogen-bond donors (Lipinski definition) is 2. The second-order valence-corrected chi connectivity index (χ2v) is 5.26. The first kappa shape index (κ1) is 12.3. The van der Waals surface area contributed by atoms with Gasteiger partial charge in [-0.1, -0.05) is 0 Å². The quantitative estimate of drug-likeness (QED) is 0.818. The van der Waals surface area contributed by atoms with Crippen LogP contribution in [0.25, 0.3) is 0 Å². The standard InChI is InChI=1S/C13H18N4O2/c1-14-12-7-15-6-11(16-12)13(19)17-8-2-3-9(17)5-10(18)4-8/h6-10,18H,2-5H2,1H3,(H,14,16). The van der Waals surface area contributed by atoms with Crippen molar-refractivity contribution >= 4 is 11.7 Å². The van der Waals surface area contributed by atoms with Gasteiger partial charge in [0.15, 0.2) is 0 Å². The first-order chi connectivity index (χ1) is 9.19. The van der Waals surface area contributed by atoms with Crippen LogP contribution in [0.1, 0.15) is 36.2 Å². The lowest BCUT2D eigenvalue weighted by atomic mass is 9.99. The fraction of sp³-hybridized carbons (Fsp3) is 0.615. The molecular weight excluding hydrogens is 244 g/mol. The highest BCUT2D eigenvalue weighted by atomic mass is 16.3. The van der Waals surface area contributed by atoms with Crippen molar-refractivity contribution in [2.24, 2.45) is 0 Å². The molecule has 6 nitrogen and oxygen atoms in total. The summed E-state index contributed by atoms with van der Waals surface area (Å²) in [5.74, 6) is 0.527. The highest BCUT2D eigenvalue weighted by Crippen LogP contribution is 2.36. The Balaban J connectivity index is 1.84. The summed E-state index contributed by atoms with van der Waals surface area (Å²) >= 11 is 0. The molecule has 1 aromatic heterocycles. The van der Waals surface area contributed by atoms with Crippen molar-refractivity contribution in [2.75, 3.05) is 12.4 Å². The van der Waals surface area contributed by atoms with Crippen LogP contribution in [0.15, 0.2) is 12.4 Å². The molecule has 2 aliphatic heterocycles. The van der Waals surface area contributed by atoms with E-state index < -0.39 is 0 Å². The maximum absolute atomic E-state index is 12.5. The number of aliphatic hydroxyl groups is 1. The fourth-order valence-electron chi connectivity index (χ4n) is 3.20. The average Bonchev–Trinajstić information content (AvgIpc) is 2.70. The van der Waals surface area contributed by atoms with Crippen LogP contribution < -0.4 is 5.32 Å². The number of rotatable bonds is 2. The van der Waals surface area contributed by atoms with Crippen molar-refractivity contribution in [3.05, 3.63) is 18.1 Å². The summed E-state index contributed by atoms with van der Waals surface area (Å²) in [6.07, 6.45) is 6.15. The van der Waals surface area contributed by atoms with E-state index in [1.807, 2.05) is 4.90 Å². The molecule has 0 aliphatic carbocycles. The number of amides is 1. The van der Waals surface area contributed by atoms with E-state index in [1.54, 1.807) is 13.2 Å². The maximum atomic E-state index is 12.5. The molecule has 2 atom stereocenters. The number of nitrogens with one attached hydrogen (secondary N) is 1. The minimum absolute atomic E-state index is 0.0657. The van der Waals surface area contributed by atoms with E-state index in [4.69, 9.17) is 0 Å². The normalized spacial score (nSPS) is 29.4. The van der Waals surface area contributed by atoms with Crippen molar-refractivity contribution in [1.29, 1.82) is 0 Å². The van der Waals surface area contributed by atoms with Gasteiger partial charge in [0.2, 0.25) is 0 Å². The summed E-state index contributed by atoms with van der Waals surface area (Å²) in [7, 11) is 1.75. The van der Waals surface area contributed by atoms with Crippen LogP contribution in [0, 0.1) is 0 Å². The third-order valence-electron chi connectivity index (χ3n) is 4.05. The third kappa shape index (κ3) is 2.16. The number of nitrogens with zero attached hydrogens (tertiary/aromatic N) is 3. The van der Waals surface area contributed by atoms with Gasteiger partial charge in [-0.3, -0.25) is 9.78 Å². The summed E-state index contributed by atoms with van der Waals surface area (Å²) in [6.45, 7) is 0. The van der Waals surface area contributed by atoms with Crippen molar-refractivity contribution in [3.8, 4) is 0 Å². The minimum atomic E-state index is -0.267. The van der Waals surface area contributed by atoms with E-state index in [2.05, 4.69) is 15.3 Å². The zero-order chi connectivity index (χ0) is 13.4. The highest BCUT2D eigenvalue weighted by molar-refractivity contribution is 5.93. The van der Waals surface area contributed by atoms with Gasteiger partial charge in [-0.05, 0) is 25.7 Å². The summed E-state index contributed by atoms with van der Waals surface area (Å²) in [5, 5.41) is 12.7. The number of piperidine rings is 1. The van der Waals surface area contributed by atoms with Gasteiger partial charge >= 0.3 is 0 Å².